The van der Waals surface area contributed by atoms with E-state index in [4.69, 9.17) is 14.2 Å². The summed E-state index contributed by atoms with van der Waals surface area (Å²) in [6, 6.07) is 6.25. The largest absolute Gasteiger partial charge is 0.493 e. The summed E-state index contributed by atoms with van der Waals surface area (Å²) in [6.07, 6.45) is 0.430. The molecule has 1 rings (SSSR count). The maximum atomic E-state index is 10.2. The zero-order valence-electron chi connectivity index (χ0n) is 16.2. The maximum absolute atomic E-state index is 10.2. The third-order valence-electron chi connectivity index (χ3n) is 4.07. The predicted octanol–water partition coefficient (Wildman–Crippen LogP) is 1.90. The smallest absolute Gasteiger partial charge is 0.161 e. The third-order valence-corrected chi connectivity index (χ3v) is 4.07. The first-order valence-corrected chi connectivity index (χ1v) is 8.85. The van der Waals surface area contributed by atoms with Crippen molar-refractivity contribution in [1.82, 2.24) is 10.2 Å². The van der Waals surface area contributed by atoms with Gasteiger partial charge >= 0.3 is 0 Å². The van der Waals surface area contributed by atoms with Crippen molar-refractivity contribution in [2.45, 2.75) is 39.0 Å². The summed E-state index contributed by atoms with van der Waals surface area (Å²) in [5.74, 6) is 1.33. The summed E-state index contributed by atoms with van der Waals surface area (Å²) in [5.41, 5.74) is 1.11. The second-order valence-electron chi connectivity index (χ2n) is 6.51. The standard InChI is InChI=1S/C19H34N2O4/c1-15(2)21(3)13-17(22)14-25-19-11-16(7-8-18(19)24-5)12-20-9-6-10-23-4/h7-8,11,15,17,20,22H,6,9-10,12-14H2,1-5H3/t17-/m1/s1. The molecule has 0 bridgehead atoms. The number of aliphatic hydroxyl groups excluding tert-OH is 1. The number of hydrogen-bond donors (Lipinski definition) is 2. The molecule has 144 valence electrons. The number of benzene rings is 1. The molecule has 0 saturated carbocycles. The molecular formula is C19H34N2O4. The highest BCUT2D eigenvalue weighted by molar-refractivity contribution is 5.43. The fourth-order valence-corrected chi connectivity index (χ4v) is 2.30. The molecule has 2 N–H and O–H groups in total. The lowest BCUT2D eigenvalue weighted by Gasteiger charge is -2.24. The minimum absolute atomic E-state index is 0.234. The zero-order valence-corrected chi connectivity index (χ0v) is 16.2. The molecule has 0 unspecified atom stereocenters. The molecular weight excluding hydrogens is 320 g/mol. The molecule has 6 nitrogen and oxygen atoms in total. The Kier molecular flexibility index (Phi) is 10.5. The van der Waals surface area contributed by atoms with Crippen LogP contribution in [0.3, 0.4) is 0 Å². The van der Waals surface area contributed by atoms with Gasteiger partial charge in [-0.15, -0.1) is 0 Å². The van der Waals surface area contributed by atoms with E-state index in [0.29, 0.717) is 24.1 Å². The molecule has 0 aliphatic carbocycles. The van der Waals surface area contributed by atoms with Crippen LogP contribution in [0.2, 0.25) is 0 Å². The lowest BCUT2D eigenvalue weighted by Crippen LogP contribution is -2.37. The molecule has 1 aromatic rings. The third kappa shape index (κ3) is 8.54. The molecule has 6 heteroatoms. The van der Waals surface area contributed by atoms with Crippen molar-refractivity contribution in [3.05, 3.63) is 23.8 Å². The van der Waals surface area contributed by atoms with Gasteiger partial charge in [-0.3, -0.25) is 0 Å². The number of nitrogens with zero attached hydrogens (tertiary/aromatic N) is 1. The van der Waals surface area contributed by atoms with E-state index < -0.39 is 6.10 Å². The van der Waals surface area contributed by atoms with Gasteiger partial charge in [-0.25, -0.2) is 0 Å². The van der Waals surface area contributed by atoms with Gasteiger partial charge in [-0.1, -0.05) is 6.07 Å². The van der Waals surface area contributed by atoms with Crippen molar-refractivity contribution in [3.63, 3.8) is 0 Å². The molecule has 0 spiro atoms. The van der Waals surface area contributed by atoms with Crippen LogP contribution in [0.25, 0.3) is 0 Å². The van der Waals surface area contributed by atoms with Gasteiger partial charge in [0.15, 0.2) is 11.5 Å². The molecule has 25 heavy (non-hydrogen) atoms. The first-order chi connectivity index (χ1) is 12.0. The number of hydrogen-bond acceptors (Lipinski definition) is 6. The van der Waals surface area contributed by atoms with Crippen LogP contribution in [0.15, 0.2) is 18.2 Å². The van der Waals surface area contributed by atoms with Crippen LogP contribution in [0.1, 0.15) is 25.8 Å². The molecule has 0 fully saturated rings. The lowest BCUT2D eigenvalue weighted by molar-refractivity contribution is 0.0668. The quantitative estimate of drug-likeness (QED) is 0.528. The lowest BCUT2D eigenvalue weighted by atomic mass is 10.2. The monoisotopic (exact) mass is 354 g/mol. The van der Waals surface area contributed by atoms with E-state index in [-0.39, 0.29) is 6.61 Å². The molecule has 1 aromatic carbocycles. The Morgan fingerprint density at radius 2 is 1.96 bits per heavy atom. The molecule has 0 aromatic heterocycles. The van der Waals surface area contributed by atoms with Gasteiger partial charge in [-0.2, -0.15) is 0 Å². The van der Waals surface area contributed by atoms with Crippen molar-refractivity contribution in [3.8, 4) is 11.5 Å². The summed E-state index contributed by atoms with van der Waals surface area (Å²) < 4.78 is 16.2. The number of methoxy groups -OCH3 is 2. The SMILES string of the molecule is COCCCNCc1ccc(OC)c(OC[C@H](O)CN(C)C(C)C)c1. The fraction of sp³-hybridized carbons (Fsp3) is 0.684. The van der Waals surface area contributed by atoms with Gasteiger partial charge in [0.25, 0.3) is 0 Å². The van der Waals surface area contributed by atoms with Crippen molar-refractivity contribution in [2.24, 2.45) is 0 Å². The Bertz CT molecular complexity index is 482. The highest BCUT2D eigenvalue weighted by Gasteiger charge is 2.13. The average Bonchev–Trinajstić information content (AvgIpc) is 2.59. The minimum atomic E-state index is -0.548. The molecule has 0 radical (unpaired) electrons. The van der Waals surface area contributed by atoms with Crippen LogP contribution in [-0.2, 0) is 11.3 Å². The van der Waals surface area contributed by atoms with Crippen LogP contribution in [0.5, 0.6) is 11.5 Å². The second kappa shape index (κ2) is 12.1. The zero-order chi connectivity index (χ0) is 18.7. The maximum Gasteiger partial charge on any atom is 0.161 e. The minimum Gasteiger partial charge on any atom is -0.493 e. The number of likely N-dealkylation sites (N-methyl/N-ethyl adjacent to an activating group) is 1. The normalized spacial score (nSPS) is 12.6. The van der Waals surface area contributed by atoms with Crippen LogP contribution < -0.4 is 14.8 Å². The number of nitrogens with one attached hydrogen (secondary N) is 1. The highest BCUT2D eigenvalue weighted by atomic mass is 16.5. The van der Waals surface area contributed by atoms with Crippen molar-refractivity contribution in [1.29, 1.82) is 0 Å². The van der Waals surface area contributed by atoms with Crippen LogP contribution in [0.4, 0.5) is 0 Å². The Balaban J connectivity index is 2.54. The average molecular weight is 354 g/mol. The first-order valence-electron chi connectivity index (χ1n) is 8.85. The molecule has 0 amide bonds. The number of ether oxygens (including phenoxy) is 3. The van der Waals surface area contributed by atoms with E-state index in [1.54, 1.807) is 14.2 Å². The Hall–Kier alpha value is -1.34. The topological polar surface area (TPSA) is 63.2 Å². The number of aliphatic hydroxyl groups is 1. The molecule has 0 saturated heterocycles. The van der Waals surface area contributed by atoms with Crippen molar-refractivity contribution in [2.75, 3.05) is 47.6 Å². The van der Waals surface area contributed by atoms with E-state index >= 15 is 0 Å². The summed E-state index contributed by atoms with van der Waals surface area (Å²) in [7, 11) is 5.32. The predicted molar refractivity (Wildman–Crippen MR) is 100 cm³/mol. The number of rotatable bonds is 13. The van der Waals surface area contributed by atoms with E-state index in [9.17, 15) is 5.11 Å². The van der Waals surface area contributed by atoms with E-state index in [1.807, 2.05) is 25.2 Å². The van der Waals surface area contributed by atoms with Gasteiger partial charge in [0.1, 0.15) is 12.7 Å². The van der Waals surface area contributed by atoms with Gasteiger partial charge in [0, 0.05) is 32.8 Å². The van der Waals surface area contributed by atoms with Crippen molar-refractivity contribution >= 4 is 0 Å². The Labute approximate surface area is 152 Å². The van der Waals surface area contributed by atoms with Gasteiger partial charge in [0.2, 0.25) is 0 Å². The molecule has 0 aliphatic heterocycles. The second-order valence-corrected chi connectivity index (χ2v) is 6.51. The summed E-state index contributed by atoms with van der Waals surface area (Å²) in [5, 5.41) is 13.5. The van der Waals surface area contributed by atoms with Crippen molar-refractivity contribution < 1.29 is 19.3 Å². The summed E-state index contributed by atoms with van der Waals surface area (Å²) in [4.78, 5) is 2.09. The van der Waals surface area contributed by atoms with Gasteiger partial charge < -0.3 is 29.5 Å². The highest BCUT2D eigenvalue weighted by Crippen LogP contribution is 2.28. The van der Waals surface area contributed by atoms with Gasteiger partial charge in [0.05, 0.1) is 7.11 Å². The summed E-state index contributed by atoms with van der Waals surface area (Å²) >= 11 is 0. The first kappa shape index (κ1) is 21.7. The van der Waals surface area contributed by atoms with Gasteiger partial charge in [-0.05, 0) is 51.6 Å². The van der Waals surface area contributed by atoms with Crippen LogP contribution in [-0.4, -0.2) is 69.7 Å². The van der Waals surface area contributed by atoms with Crippen LogP contribution >= 0.6 is 0 Å². The Morgan fingerprint density at radius 1 is 1.20 bits per heavy atom. The summed E-state index contributed by atoms with van der Waals surface area (Å²) in [6.45, 7) is 7.41. The van der Waals surface area contributed by atoms with E-state index in [0.717, 1.165) is 31.7 Å². The van der Waals surface area contributed by atoms with Crippen LogP contribution in [0, 0.1) is 0 Å². The molecule has 1 atom stereocenters. The fourth-order valence-electron chi connectivity index (χ4n) is 2.30. The van der Waals surface area contributed by atoms with E-state index in [1.165, 1.54) is 0 Å². The van der Waals surface area contributed by atoms with E-state index in [2.05, 4.69) is 24.1 Å². The molecule has 0 heterocycles. The molecule has 0 aliphatic rings. The Morgan fingerprint density at radius 3 is 2.60 bits per heavy atom.